The van der Waals surface area contributed by atoms with Crippen LogP contribution >= 0.6 is 0 Å². The maximum absolute atomic E-state index is 11.2. The third-order valence-electron chi connectivity index (χ3n) is 3.96. The third-order valence-corrected chi connectivity index (χ3v) is 3.96. The molecule has 2 atom stereocenters. The van der Waals surface area contributed by atoms with Gasteiger partial charge in [-0.2, -0.15) is 0 Å². The van der Waals surface area contributed by atoms with Crippen molar-refractivity contribution in [2.24, 2.45) is 0 Å². The molecule has 0 saturated carbocycles. The Morgan fingerprint density at radius 2 is 2.19 bits per heavy atom. The summed E-state index contributed by atoms with van der Waals surface area (Å²) in [6, 6.07) is 9.88. The van der Waals surface area contributed by atoms with Crippen LogP contribution in [-0.4, -0.2) is 41.8 Å². The van der Waals surface area contributed by atoms with E-state index in [1.54, 1.807) is 0 Å². The van der Waals surface area contributed by atoms with Gasteiger partial charge in [-0.3, -0.25) is 9.69 Å². The van der Waals surface area contributed by atoms with Crippen molar-refractivity contribution in [2.45, 2.75) is 44.8 Å². The molecule has 2 unspecified atom stereocenters. The van der Waals surface area contributed by atoms with Gasteiger partial charge in [0, 0.05) is 19.2 Å². The molecule has 21 heavy (non-hydrogen) atoms. The number of hydrogen-bond donors (Lipinski definition) is 1. The highest BCUT2D eigenvalue weighted by Crippen LogP contribution is 2.28. The molecule has 4 heteroatoms. The summed E-state index contributed by atoms with van der Waals surface area (Å²) in [4.78, 5) is 13.5. The lowest BCUT2D eigenvalue weighted by Gasteiger charge is -2.38. The number of ether oxygens (including phenoxy) is 1. The summed E-state index contributed by atoms with van der Waals surface area (Å²) >= 11 is 0. The van der Waals surface area contributed by atoms with E-state index >= 15 is 0 Å². The van der Waals surface area contributed by atoms with Gasteiger partial charge in [-0.05, 0) is 31.4 Å². The smallest absolute Gasteiger partial charge is 0.305 e. The summed E-state index contributed by atoms with van der Waals surface area (Å²) in [7, 11) is 0. The lowest BCUT2D eigenvalue weighted by molar-refractivity contribution is -0.139. The molecule has 1 fully saturated rings. The van der Waals surface area contributed by atoms with E-state index in [0.717, 1.165) is 44.5 Å². The zero-order valence-corrected chi connectivity index (χ0v) is 12.7. The Bertz CT molecular complexity index is 435. The van der Waals surface area contributed by atoms with Gasteiger partial charge in [-0.1, -0.05) is 37.3 Å². The Hall–Kier alpha value is -1.39. The van der Waals surface area contributed by atoms with Gasteiger partial charge in [0.25, 0.3) is 0 Å². The Labute approximate surface area is 126 Å². The fourth-order valence-corrected chi connectivity index (χ4v) is 2.97. The number of hydrogen-bond acceptors (Lipinski definition) is 3. The van der Waals surface area contributed by atoms with Gasteiger partial charge in [-0.15, -0.1) is 0 Å². The molecule has 2 rings (SSSR count). The van der Waals surface area contributed by atoms with E-state index in [1.165, 1.54) is 0 Å². The normalized spacial score (nSPS) is 21.1. The summed E-state index contributed by atoms with van der Waals surface area (Å²) in [5.74, 6) is -0.750. The van der Waals surface area contributed by atoms with Gasteiger partial charge in [0.1, 0.15) is 0 Å². The summed E-state index contributed by atoms with van der Waals surface area (Å²) in [6.07, 6.45) is 3.54. The van der Waals surface area contributed by atoms with Gasteiger partial charge in [0.15, 0.2) is 0 Å². The zero-order valence-electron chi connectivity index (χ0n) is 12.7. The number of piperidine rings is 1. The first-order valence-corrected chi connectivity index (χ1v) is 7.83. The number of likely N-dealkylation sites (tertiary alicyclic amines) is 1. The van der Waals surface area contributed by atoms with Crippen molar-refractivity contribution in [1.29, 1.82) is 0 Å². The minimum atomic E-state index is -0.750. The van der Waals surface area contributed by atoms with E-state index in [-0.39, 0.29) is 18.6 Å². The van der Waals surface area contributed by atoms with Crippen molar-refractivity contribution in [1.82, 2.24) is 4.90 Å². The molecule has 0 bridgehead atoms. The number of aliphatic carboxylic acids is 1. The molecule has 4 nitrogen and oxygen atoms in total. The Morgan fingerprint density at radius 3 is 2.86 bits per heavy atom. The minimum absolute atomic E-state index is 0.0586. The summed E-state index contributed by atoms with van der Waals surface area (Å²) in [5.41, 5.74) is 1.08. The van der Waals surface area contributed by atoms with Gasteiger partial charge in [0.2, 0.25) is 0 Å². The first kappa shape index (κ1) is 16.0. The van der Waals surface area contributed by atoms with Crippen molar-refractivity contribution in [3.05, 3.63) is 35.9 Å². The van der Waals surface area contributed by atoms with Crippen molar-refractivity contribution in [3.8, 4) is 0 Å². The van der Waals surface area contributed by atoms with Crippen LogP contribution in [0.1, 0.15) is 44.2 Å². The fourth-order valence-electron chi connectivity index (χ4n) is 2.97. The molecule has 0 amide bonds. The van der Waals surface area contributed by atoms with Crippen LogP contribution in [0, 0.1) is 0 Å². The van der Waals surface area contributed by atoms with Gasteiger partial charge < -0.3 is 9.84 Å². The second-order valence-electron chi connectivity index (χ2n) is 5.65. The molecule has 0 radical (unpaired) electrons. The molecule has 1 aromatic carbocycles. The first-order chi connectivity index (χ1) is 10.2. The third kappa shape index (κ3) is 4.83. The van der Waals surface area contributed by atoms with Crippen LogP contribution in [0.2, 0.25) is 0 Å². The number of rotatable bonds is 7. The van der Waals surface area contributed by atoms with Crippen molar-refractivity contribution < 1.29 is 14.6 Å². The van der Waals surface area contributed by atoms with E-state index in [1.807, 2.05) is 30.3 Å². The molecule has 1 N–H and O–H groups in total. The van der Waals surface area contributed by atoms with Crippen molar-refractivity contribution in [3.63, 3.8) is 0 Å². The molecule has 1 saturated heterocycles. The molecule has 116 valence electrons. The lowest BCUT2D eigenvalue weighted by atomic mass is 9.98. The predicted molar refractivity (Wildman–Crippen MR) is 82.3 cm³/mol. The maximum atomic E-state index is 11.2. The molecule has 1 aromatic rings. The lowest BCUT2D eigenvalue weighted by Crippen LogP contribution is -2.42. The Balaban J connectivity index is 2.07. The van der Waals surface area contributed by atoms with Crippen LogP contribution in [0.3, 0.4) is 0 Å². The second-order valence-corrected chi connectivity index (χ2v) is 5.65. The average Bonchev–Trinajstić information content (AvgIpc) is 2.51. The van der Waals surface area contributed by atoms with Crippen LogP contribution in [0.25, 0.3) is 0 Å². The molecular formula is C17H25NO3. The van der Waals surface area contributed by atoms with E-state index < -0.39 is 5.97 Å². The largest absolute Gasteiger partial charge is 0.481 e. The SMILES string of the molecule is CCCOC1CCCN(C(CC(=O)O)c2ccccc2)C1. The predicted octanol–water partition coefficient (Wildman–Crippen LogP) is 3.09. The molecule has 0 aromatic heterocycles. The number of carboxylic acids is 1. The zero-order chi connectivity index (χ0) is 15.1. The van der Waals surface area contributed by atoms with Crippen LogP contribution < -0.4 is 0 Å². The van der Waals surface area contributed by atoms with Crippen LogP contribution in [0.5, 0.6) is 0 Å². The topological polar surface area (TPSA) is 49.8 Å². The quantitative estimate of drug-likeness (QED) is 0.838. The van der Waals surface area contributed by atoms with E-state index in [4.69, 9.17) is 4.74 Å². The van der Waals surface area contributed by atoms with Crippen LogP contribution in [0.15, 0.2) is 30.3 Å². The summed E-state index contributed by atoms with van der Waals surface area (Å²) < 4.78 is 5.86. The fraction of sp³-hybridized carbons (Fsp3) is 0.588. The van der Waals surface area contributed by atoms with E-state index in [2.05, 4.69) is 11.8 Å². The molecule has 1 aliphatic rings. The van der Waals surface area contributed by atoms with Crippen LogP contribution in [-0.2, 0) is 9.53 Å². The first-order valence-electron chi connectivity index (χ1n) is 7.83. The van der Waals surface area contributed by atoms with E-state index in [0.29, 0.717) is 0 Å². The van der Waals surface area contributed by atoms with Crippen molar-refractivity contribution >= 4 is 5.97 Å². The van der Waals surface area contributed by atoms with Crippen molar-refractivity contribution in [2.75, 3.05) is 19.7 Å². The molecule has 1 heterocycles. The molecule has 1 aliphatic heterocycles. The second kappa shape index (κ2) is 8.15. The highest BCUT2D eigenvalue weighted by Gasteiger charge is 2.28. The molecule has 0 spiro atoms. The number of nitrogens with zero attached hydrogens (tertiary/aromatic N) is 1. The molecule has 0 aliphatic carbocycles. The van der Waals surface area contributed by atoms with Crippen LogP contribution in [0.4, 0.5) is 0 Å². The number of carbonyl (C=O) groups is 1. The molecular weight excluding hydrogens is 266 g/mol. The maximum Gasteiger partial charge on any atom is 0.305 e. The average molecular weight is 291 g/mol. The number of benzene rings is 1. The summed E-state index contributed by atoms with van der Waals surface area (Å²) in [5, 5.41) is 9.23. The highest BCUT2D eigenvalue weighted by molar-refractivity contribution is 5.68. The standard InChI is InChI=1S/C17H25NO3/c1-2-11-21-15-9-6-10-18(13-15)16(12-17(19)20)14-7-4-3-5-8-14/h3-5,7-8,15-16H,2,6,9-13H2,1H3,(H,19,20). The van der Waals surface area contributed by atoms with Gasteiger partial charge >= 0.3 is 5.97 Å². The monoisotopic (exact) mass is 291 g/mol. The van der Waals surface area contributed by atoms with Gasteiger partial charge in [-0.25, -0.2) is 0 Å². The minimum Gasteiger partial charge on any atom is -0.481 e. The Kier molecular flexibility index (Phi) is 6.21. The van der Waals surface area contributed by atoms with Gasteiger partial charge in [0.05, 0.1) is 12.5 Å². The number of carboxylic acid groups (broad SMARTS) is 1. The van der Waals surface area contributed by atoms with E-state index in [9.17, 15) is 9.90 Å². The summed E-state index contributed by atoms with van der Waals surface area (Å²) in [6.45, 7) is 4.66. The Morgan fingerprint density at radius 1 is 1.43 bits per heavy atom. The highest BCUT2D eigenvalue weighted by atomic mass is 16.5.